The normalized spacial score (nSPS) is 12.1. The van der Waals surface area contributed by atoms with Gasteiger partial charge in [0.2, 0.25) is 0 Å². The third-order valence-corrected chi connectivity index (χ3v) is 3.42. The fraction of sp³-hybridized carbons (Fsp3) is 0.800. The van der Waals surface area contributed by atoms with Crippen LogP contribution in [0, 0.1) is 0 Å². The van der Waals surface area contributed by atoms with Crippen molar-refractivity contribution in [1.29, 1.82) is 0 Å². The maximum Gasteiger partial charge on any atom is 0.193 e. The Labute approximate surface area is 142 Å². The molecule has 0 atom stereocenters. The quantitative estimate of drug-likeness (QED) is 0.225. The van der Waals surface area contributed by atoms with Crippen LogP contribution in [0.4, 0.5) is 0 Å². The van der Waals surface area contributed by atoms with Crippen LogP contribution in [0.3, 0.4) is 0 Å². The monoisotopic (exact) mass is 396 g/mol. The fourth-order valence-corrected chi connectivity index (χ4v) is 1.46. The Hall–Kier alpha value is -0.300. The molecule has 0 saturated heterocycles. The molecule has 0 unspecified atom stereocenters. The van der Waals surface area contributed by atoms with E-state index in [1.807, 2.05) is 6.08 Å². The second-order valence-corrected chi connectivity index (χ2v) is 5.73. The Kier molecular flexibility index (Phi) is 12.5. The maximum absolute atomic E-state index is 4.75. The molecular formula is C15H33IN4. The highest BCUT2D eigenvalue weighted by Gasteiger charge is 2.20. The lowest BCUT2D eigenvalue weighted by molar-refractivity contribution is 0.204. The van der Waals surface area contributed by atoms with Gasteiger partial charge in [0, 0.05) is 25.7 Å². The van der Waals surface area contributed by atoms with E-state index in [2.05, 4.69) is 63.6 Å². The minimum Gasteiger partial charge on any atom is -0.357 e. The zero-order valence-corrected chi connectivity index (χ0v) is 16.4. The molecule has 4 nitrogen and oxygen atoms in total. The molecule has 1 N–H and O–H groups in total. The second kappa shape index (κ2) is 11.4. The molecule has 120 valence electrons. The first-order valence-electron chi connectivity index (χ1n) is 7.13. The third kappa shape index (κ3) is 8.79. The summed E-state index contributed by atoms with van der Waals surface area (Å²) in [5.74, 6) is 0.987. The molecule has 0 aromatic rings. The molecule has 0 aliphatic heterocycles. The Balaban J connectivity index is 0. The van der Waals surface area contributed by atoms with Crippen molar-refractivity contribution >= 4 is 29.9 Å². The van der Waals surface area contributed by atoms with Gasteiger partial charge in [0.15, 0.2) is 5.96 Å². The van der Waals surface area contributed by atoms with Crippen molar-refractivity contribution in [1.82, 2.24) is 15.1 Å². The molecule has 5 heteroatoms. The summed E-state index contributed by atoms with van der Waals surface area (Å²) in [5, 5.41) is 3.35. The summed E-state index contributed by atoms with van der Waals surface area (Å²) in [6.07, 6.45) is 4.13. The van der Waals surface area contributed by atoms with Gasteiger partial charge in [-0.25, -0.2) is 0 Å². The molecule has 0 aliphatic rings. The number of rotatable bonds is 8. The van der Waals surface area contributed by atoms with Crippen molar-refractivity contribution in [3.63, 3.8) is 0 Å². The van der Waals surface area contributed by atoms with Gasteiger partial charge in [-0.2, -0.15) is 0 Å². The van der Waals surface area contributed by atoms with Crippen molar-refractivity contribution < 1.29 is 0 Å². The summed E-state index contributed by atoms with van der Waals surface area (Å²) < 4.78 is 0. The minimum atomic E-state index is 0. The van der Waals surface area contributed by atoms with Crippen LogP contribution < -0.4 is 5.32 Å². The number of nitrogens with zero attached hydrogens (tertiary/aromatic N) is 3. The van der Waals surface area contributed by atoms with E-state index < -0.39 is 0 Å². The van der Waals surface area contributed by atoms with Crippen molar-refractivity contribution in [3.05, 3.63) is 12.7 Å². The van der Waals surface area contributed by atoms with E-state index in [0.29, 0.717) is 0 Å². The summed E-state index contributed by atoms with van der Waals surface area (Å²) in [6, 6.07) is 0. The lowest BCUT2D eigenvalue weighted by Gasteiger charge is -2.32. The Bertz CT molecular complexity index is 288. The van der Waals surface area contributed by atoms with Crippen LogP contribution in [0.25, 0.3) is 0 Å². The number of halogens is 1. The summed E-state index contributed by atoms with van der Waals surface area (Å²) in [4.78, 5) is 9.15. The molecule has 0 spiro atoms. The summed E-state index contributed by atoms with van der Waals surface area (Å²) in [6.45, 7) is 13.0. The van der Waals surface area contributed by atoms with Gasteiger partial charge in [0.05, 0.1) is 6.54 Å². The van der Waals surface area contributed by atoms with Crippen LogP contribution in [-0.4, -0.2) is 62.1 Å². The molecule has 0 aromatic heterocycles. The number of nitrogens with one attached hydrogen (secondary N) is 1. The Morgan fingerprint density at radius 1 is 1.30 bits per heavy atom. The average molecular weight is 396 g/mol. The van der Waals surface area contributed by atoms with Crippen molar-refractivity contribution in [2.45, 2.75) is 39.2 Å². The number of allylic oxidation sites excluding steroid dienone is 1. The number of guanidine groups is 1. The summed E-state index contributed by atoms with van der Waals surface area (Å²) in [5.41, 5.74) is 0.0721. The zero-order valence-electron chi connectivity index (χ0n) is 14.1. The van der Waals surface area contributed by atoms with E-state index in [0.717, 1.165) is 38.4 Å². The first kappa shape index (κ1) is 22.0. The van der Waals surface area contributed by atoms with Gasteiger partial charge < -0.3 is 15.1 Å². The first-order valence-corrected chi connectivity index (χ1v) is 7.13. The van der Waals surface area contributed by atoms with Crippen molar-refractivity contribution in [2.75, 3.05) is 40.8 Å². The van der Waals surface area contributed by atoms with E-state index in [9.17, 15) is 0 Å². The van der Waals surface area contributed by atoms with E-state index in [4.69, 9.17) is 4.99 Å². The fourth-order valence-electron chi connectivity index (χ4n) is 1.46. The topological polar surface area (TPSA) is 30.9 Å². The summed E-state index contributed by atoms with van der Waals surface area (Å²) in [7, 11) is 6.28. The molecule has 0 aromatic carbocycles. The molecule has 0 heterocycles. The van der Waals surface area contributed by atoms with Gasteiger partial charge in [-0.1, -0.05) is 6.08 Å². The molecule has 0 bridgehead atoms. The van der Waals surface area contributed by atoms with Crippen LogP contribution in [0.2, 0.25) is 0 Å². The van der Waals surface area contributed by atoms with Crippen LogP contribution in [-0.2, 0) is 0 Å². The van der Waals surface area contributed by atoms with Gasteiger partial charge in [-0.3, -0.25) is 4.99 Å². The highest BCUT2D eigenvalue weighted by Crippen LogP contribution is 2.10. The van der Waals surface area contributed by atoms with E-state index in [-0.39, 0.29) is 29.5 Å². The van der Waals surface area contributed by atoms with Gasteiger partial charge in [-0.05, 0) is 47.7 Å². The minimum absolute atomic E-state index is 0. The van der Waals surface area contributed by atoms with E-state index >= 15 is 0 Å². The molecule has 0 fully saturated rings. The highest BCUT2D eigenvalue weighted by atomic mass is 127. The molecular weight excluding hydrogens is 363 g/mol. The predicted octanol–water partition coefficient (Wildman–Crippen LogP) is 2.81. The molecule has 0 amide bonds. The van der Waals surface area contributed by atoms with Crippen molar-refractivity contribution in [3.8, 4) is 0 Å². The number of unbranched alkanes of at least 4 members (excludes halogenated alkanes) is 1. The second-order valence-electron chi connectivity index (χ2n) is 5.73. The van der Waals surface area contributed by atoms with Crippen molar-refractivity contribution in [2.24, 2.45) is 4.99 Å². The van der Waals surface area contributed by atoms with Crippen LogP contribution in [0.5, 0.6) is 0 Å². The number of hydrogen-bond donors (Lipinski definition) is 1. The van der Waals surface area contributed by atoms with E-state index in [1.54, 1.807) is 0 Å². The molecule has 0 radical (unpaired) electrons. The Morgan fingerprint density at radius 2 is 1.90 bits per heavy atom. The van der Waals surface area contributed by atoms with Crippen LogP contribution in [0.1, 0.15) is 33.6 Å². The number of likely N-dealkylation sites (N-methyl/N-ethyl adjacent to an activating group) is 1. The van der Waals surface area contributed by atoms with Gasteiger partial charge in [0.1, 0.15) is 0 Å². The molecule has 0 rings (SSSR count). The predicted molar refractivity (Wildman–Crippen MR) is 101 cm³/mol. The lowest BCUT2D eigenvalue weighted by atomic mass is 10.1. The summed E-state index contributed by atoms with van der Waals surface area (Å²) >= 11 is 0. The average Bonchev–Trinajstić information content (AvgIpc) is 2.34. The molecule has 20 heavy (non-hydrogen) atoms. The number of hydrogen-bond acceptors (Lipinski definition) is 2. The SMILES string of the molecule is C=CCCCN(C)C(=NCC(C)(C)N(C)C)NCC.I. The maximum atomic E-state index is 4.75. The lowest BCUT2D eigenvalue weighted by Crippen LogP contribution is -2.44. The van der Waals surface area contributed by atoms with Gasteiger partial charge >= 0.3 is 0 Å². The van der Waals surface area contributed by atoms with Gasteiger partial charge in [0.25, 0.3) is 0 Å². The molecule has 0 aliphatic carbocycles. The standard InChI is InChI=1S/C15H32N4.HI/c1-8-10-11-12-19(7)14(16-9-2)17-13-15(3,4)18(5)6;/h8H,1,9-13H2,2-7H3,(H,16,17);1H. The number of aliphatic imine (C=N–C) groups is 1. The Morgan fingerprint density at radius 3 is 2.35 bits per heavy atom. The van der Waals surface area contributed by atoms with Crippen LogP contribution >= 0.6 is 24.0 Å². The molecule has 0 saturated carbocycles. The zero-order chi connectivity index (χ0) is 14.9. The van der Waals surface area contributed by atoms with Gasteiger partial charge in [-0.15, -0.1) is 30.6 Å². The highest BCUT2D eigenvalue weighted by molar-refractivity contribution is 14.0. The third-order valence-electron chi connectivity index (χ3n) is 3.42. The van der Waals surface area contributed by atoms with E-state index in [1.165, 1.54) is 0 Å². The smallest absolute Gasteiger partial charge is 0.193 e. The first-order chi connectivity index (χ1) is 8.85. The van der Waals surface area contributed by atoms with Crippen LogP contribution in [0.15, 0.2) is 17.6 Å². The largest absolute Gasteiger partial charge is 0.357 e.